The largest absolute Gasteiger partial charge is 0.494 e. The minimum absolute atomic E-state index is 0.612. The van der Waals surface area contributed by atoms with Crippen molar-refractivity contribution in [3.63, 3.8) is 0 Å². The molecule has 0 bridgehead atoms. The number of aromatic nitrogens is 3. The molecule has 0 amide bonds. The van der Waals surface area contributed by atoms with Gasteiger partial charge in [-0.1, -0.05) is 30.3 Å². The van der Waals surface area contributed by atoms with Gasteiger partial charge in [-0.25, -0.2) is 0 Å². The van der Waals surface area contributed by atoms with E-state index in [-0.39, 0.29) is 0 Å². The third-order valence-electron chi connectivity index (χ3n) is 5.55. The van der Waals surface area contributed by atoms with Crippen LogP contribution in [0.25, 0.3) is 16.5 Å². The predicted molar refractivity (Wildman–Crippen MR) is 125 cm³/mol. The molecule has 4 aromatic rings. The molecule has 0 atom stereocenters. The van der Waals surface area contributed by atoms with Crippen LogP contribution in [-0.2, 0) is 6.54 Å². The molecule has 1 N–H and O–H groups in total. The van der Waals surface area contributed by atoms with Gasteiger partial charge >= 0.3 is 0 Å². The number of ether oxygens (including phenoxy) is 2. The Labute approximate surface area is 182 Å². The van der Waals surface area contributed by atoms with E-state index in [9.17, 15) is 0 Å². The van der Waals surface area contributed by atoms with Gasteiger partial charge in [0.1, 0.15) is 11.5 Å². The van der Waals surface area contributed by atoms with Crippen molar-refractivity contribution >= 4 is 16.6 Å². The van der Waals surface area contributed by atoms with E-state index in [4.69, 9.17) is 9.47 Å². The molecule has 2 aromatic heterocycles. The van der Waals surface area contributed by atoms with E-state index in [1.807, 2.05) is 50.2 Å². The molecule has 0 saturated heterocycles. The van der Waals surface area contributed by atoms with Crippen molar-refractivity contribution in [1.82, 2.24) is 14.8 Å². The van der Waals surface area contributed by atoms with Crippen molar-refractivity contribution in [3.05, 3.63) is 71.2 Å². The van der Waals surface area contributed by atoms with E-state index in [1.165, 1.54) is 5.56 Å². The minimum Gasteiger partial charge on any atom is -0.494 e. The summed E-state index contributed by atoms with van der Waals surface area (Å²) in [4.78, 5) is 0. The molecular formula is C25H28N4O2. The Kier molecular flexibility index (Phi) is 5.80. The minimum atomic E-state index is 0.612. The summed E-state index contributed by atoms with van der Waals surface area (Å²) >= 11 is 0. The zero-order valence-electron chi connectivity index (χ0n) is 18.7. The van der Waals surface area contributed by atoms with Crippen molar-refractivity contribution in [2.45, 2.75) is 34.2 Å². The van der Waals surface area contributed by atoms with Crippen LogP contribution in [0.15, 0.2) is 48.5 Å². The highest BCUT2D eigenvalue weighted by Gasteiger charge is 2.21. The fourth-order valence-electron chi connectivity index (χ4n) is 4.16. The number of aryl methyl sites for hydroxylation is 3. The highest BCUT2D eigenvalue weighted by molar-refractivity contribution is 5.98. The Bertz CT molecular complexity index is 1220. The van der Waals surface area contributed by atoms with Crippen LogP contribution in [0.4, 0.5) is 5.82 Å². The van der Waals surface area contributed by atoms with Gasteiger partial charge in [-0.3, -0.25) is 0 Å². The molecule has 0 aliphatic rings. The first-order chi connectivity index (χ1) is 15.0. The molecule has 0 aliphatic heterocycles. The lowest BCUT2D eigenvalue weighted by atomic mass is 10.1. The van der Waals surface area contributed by atoms with Crippen LogP contribution in [0.3, 0.4) is 0 Å². The van der Waals surface area contributed by atoms with Gasteiger partial charge in [-0.15, -0.1) is 5.10 Å². The van der Waals surface area contributed by atoms with Crippen molar-refractivity contribution < 1.29 is 9.47 Å². The standard InChI is InChI=1S/C25H28N4O2/c1-6-31-20-12-13-21(22(14-20)30-5)29-17(3)23-16(2)27-28-25(24(23)18(29)4)26-15-19-10-8-7-9-11-19/h7-14H,6,15H2,1-5H3,(H,26,28). The molecule has 0 spiro atoms. The van der Waals surface area contributed by atoms with Gasteiger partial charge in [-0.2, -0.15) is 5.10 Å². The van der Waals surface area contributed by atoms with Crippen molar-refractivity contribution in [3.8, 4) is 17.2 Å². The van der Waals surface area contributed by atoms with Gasteiger partial charge in [-0.05, 0) is 45.4 Å². The fourth-order valence-corrected chi connectivity index (χ4v) is 4.16. The van der Waals surface area contributed by atoms with E-state index in [2.05, 4.69) is 46.1 Å². The molecule has 0 fully saturated rings. The quantitative estimate of drug-likeness (QED) is 0.439. The summed E-state index contributed by atoms with van der Waals surface area (Å²) in [6.45, 7) is 9.49. The summed E-state index contributed by atoms with van der Waals surface area (Å²) in [6.07, 6.45) is 0. The lowest BCUT2D eigenvalue weighted by Gasteiger charge is -2.15. The Morgan fingerprint density at radius 2 is 1.68 bits per heavy atom. The number of methoxy groups -OCH3 is 1. The van der Waals surface area contributed by atoms with Gasteiger partial charge in [0.25, 0.3) is 0 Å². The van der Waals surface area contributed by atoms with Crippen LogP contribution in [0, 0.1) is 20.8 Å². The maximum Gasteiger partial charge on any atom is 0.158 e. The van der Waals surface area contributed by atoms with E-state index >= 15 is 0 Å². The Morgan fingerprint density at radius 1 is 0.935 bits per heavy atom. The molecule has 6 heteroatoms. The number of rotatable bonds is 7. The molecule has 0 saturated carbocycles. The van der Waals surface area contributed by atoms with Crippen LogP contribution in [0.1, 0.15) is 29.6 Å². The summed E-state index contributed by atoms with van der Waals surface area (Å²) in [6, 6.07) is 16.2. The number of anilines is 1. The second kappa shape index (κ2) is 8.68. The second-order valence-corrected chi connectivity index (χ2v) is 7.50. The molecule has 6 nitrogen and oxygen atoms in total. The molecule has 0 unspecified atom stereocenters. The summed E-state index contributed by atoms with van der Waals surface area (Å²) in [5.74, 6) is 2.34. The monoisotopic (exact) mass is 416 g/mol. The molecule has 2 aromatic carbocycles. The number of nitrogens with one attached hydrogen (secondary N) is 1. The maximum absolute atomic E-state index is 5.71. The average molecular weight is 417 g/mol. The van der Waals surface area contributed by atoms with E-state index < -0.39 is 0 Å². The zero-order valence-corrected chi connectivity index (χ0v) is 18.7. The molecule has 2 heterocycles. The van der Waals surface area contributed by atoms with Crippen LogP contribution < -0.4 is 14.8 Å². The molecular weight excluding hydrogens is 388 g/mol. The molecule has 4 rings (SSSR count). The Hall–Kier alpha value is -3.54. The van der Waals surface area contributed by atoms with Crippen LogP contribution >= 0.6 is 0 Å². The average Bonchev–Trinajstić information content (AvgIpc) is 3.05. The Balaban J connectivity index is 1.84. The zero-order chi connectivity index (χ0) is 22.0. The predicted octanol–water partition coefficient (Wildman–Crippen LogP) is 5.37. The van der Waals surface area contributed by atoms with Crippen LogP contribution in [-0.4, -0.2) is 28.5 Å². The lowest BCUT2D eigenvalue weighted by molar-refractivity contribution is 0.336. The first kappa shape index (κ1) is 20.7. The molecule has 0 aliphatic carbocycles. The molecule has 31 heavy (non-hydrogen) atoms. The summed E-state index contributed by atoms with van der Waals surface area (Å²) < 4.78 is 13.6. The SMILES string of the molecule is CCOc1ccc(-n2c(C)c3c(C)nnc(NCc4ccccc4)c3c2C)c(OC)c1. The first-order valence-electron chi connectivity index (χ1n) is 10.5. The smallest absolute Gasteiger partial charge is 0.158 e. The van der Waals surface area contributed by atoms with Gasteiger partial charge in [0, 0.05) is 34.8 Å². The van der Waals surface area contributed by atoms with Gasteiger partial charge < -0.3 is 19.4 Å². The number of hydrogen-bond donors (Lipinski definition) is 1. The molecule has 160 valence electrons. The fraction of sp³-hybridized carbons (Fsp3) is 0.280. The number of fused-ring (bicyclic) bond motifs is 1. The van der Waals surface area contributed by atoms with Crippen molar-refractivity contribution in [2.75, 3.05) is 19.0 Å². The van der Waals surface area contributed by atoms with Crippen LogP contribution in [0.2, 0.25) is 0 Å². The van der Waals surface area contributed by atoms with Crippen LogP contribution in [0.5, 0.6) is 11.5 Å². The highest BCUT2D eigenvalue weighted by Crippen LogP contribution is 2.37. The summed E-state index contributed by atoms with van der Waals surface area (Å²) in [7, 11) is 1.68. The highest BCUT2D eigenvalue weighted by atomic mass is 16.5. The van der Waals surface area contributed by atoms with E-state index in [0.717, 1.165) is 50.9 Å². The Morgan fingerprint density at radius 3 is 2.39 bits per heavy atom. The normalized spacial score (nSPS) is 11.0. The van der Waals surface area contributed by atoms with E-state index in [1.54, 1.807) is 7.11 Å². The van der Waals surface area contributed by atoms with Gasteiger partial charge in [0.15, 0.2) is 5.82 Å². The van der Waals surface area contributed by atoms with Crippen molar-refractivity contribution in [2.24, 2.45) is 0 Å². The second-order valence-electron chi connectivity index (χ2n) is 7.50. The third kappa shape index (κ3) is 3.81. The van der Waals surface area contributed by atoms with Crippen molar-refractivity contribution in [1.29, 1.82) is 0 Å². The first-order valence-corrected chi connectivity index (χ1v) is 10.5. The topological polar surface area (TPSA) is 61.2 Å². The van der Waals surface area contributed by atoms with E-state index in [0.29, 0.717) is 13.2 Å². The van der Waals surface area contributed by atoms with Gasteiger partial charge in [0.2, 0.25) is 0 Å². The summed E-state index contributed by atoms with van der Waals surface area (Å²) in [5, 5.41) is 14.6. The van der Waals surface area contributed by atoms with Gasteiger partial charge in [0.05, 0.1) is 25.1 Å². The maximum atomic E-state index is 5.71. The number of hydrogen-bond acceptors (Lipinski definition) is 5. The summed E-state index contributed by atoms with van der Waals surface area (Å²) in [5.41, 5.74) is 5.25. The number of benzene rings is 2. The third-order valence-corrected chi connectivity index (χ3v) is 5.55. The molecule has 0 radical (unpaired) electrons. The number of nitrogens with zero attached hydrogens (tertiary/aromatic N) is 3. The lowest BCUT2D eigenvalue weighted by Crippen LogP contribution is -2.04.